The van der Waals surface area contributed by atoms with Gasteiger partial charge in [0.15, 0.2) is 18.2 Å². The van der Waals surface area contributed by atoms with Crippen molar-refractivity contribution in [3.63, 3.8) is 0 Å². The van der Waals surface area contributed by atoms with Gasteiger partial charge in [0.1, 0.15) is 5.82 Å². The third-order valence-electron chi connectivity index (χ3n) is 2.72. The van der Waals surface area contributed by atoms with E-state index in [2.05, 4.69) is 10.6 Å². The van der Waals surface area contributed by atoms with E-state index < -0.39 is 24.1 Å². The van der Waals surface area contributed by atoms with Crippen LogP contribution in [-0.4, -0.2) is 18.4 Å². The fourth-order valence-electron chi connectivity index (χ4n) is 1.81. The normalized spacial score (nSPS) is 10.0. The molecule has 0 aromatic heterocycles. The van der Waals surface area contributed by atoms with Gasteiger partial charge in [-0.1, -0.05) is 6.07 Å². The summed E-state index contributed by atoms with van der Waals surface area (Å²) in [6, 6.07) is 9.33. The van der Waals surface area contributed by atoms with Crippen LogP contribution in [0.4, 0.5) is 20.2 Å². The zero-order valence-corrected chi connectivity index (χ0v) is 12.2. The first-order valence-corrected chi connectivity index (χ1v) is 6.69. The van der Waals surface area contributed by atoms with Crippen molar-refractivity contribution in [1.82, 2.24) is 0 Å². The summed E-state index contributed by atoms with van der Waals surface area (Å²) >= 11 is 0. The van der Waals surface area contributed by atoms with Crippen LogP contribution in [0.3, 0.4) is 0 Å². The van der Waals surface area contributed by atoms with E-state index in [4.69, 9.17) is 4.74 Å². The Morgan fingerprint density at radius 2 is 1.74 bits per heavy atom. The van der Waals surface area contributed by atoms with Gasteiger partial charge in [-0.15, -0.1) is 0 Å². The number of carbonyl (C=O) groups is 2. The summed E-state index contributed by atoms with van der Waals surface area (Å²) in [5.41, 5.74) is 0.977. The smallest absolute Gasteiger partial charge is 0.262 e. The minimum atomic E-state index is -0.884. The summed E-state index contributed by atoms with van der Waals surface area (Å²) in [6.07, 6.45) is 0. The number of ether oxygens (including phenoxy) is 1. The van der Waals surface area contributed by atoms with Gasteiger partial charge in [0, 0.05) is 24.4 Å². The fourth-order valence-corrected chi connectivity index (χ4v) is 1.81. The first-order chi connectivity index (χ1) is 10.9. The number of halogens is 2. The van der Waals surface area contributed by atoms with Crippen molar-refractivity contribution in [3.8, 4) is 5.75 Å². The Morgan fingerprint density at radius 1 is 1.04 bits per heavy atom. The molecule has 0 fully saturated rings. The van der Waals surface area contributed by atoms with Crippen LogP contribution in [0.5, 0.6) is 5.75 Å². The van der Waals surface area contributed by atoms with E-state index >= 15 is 0 Å². The number of hydrogen-bond acceptors (Lipinski definition) is 3. The molecule has 0 aliphatic heterocycles. The summed E-state index contributed by atoms with van der Waals surface area (Å²) in [4.78, 5) is 22.8. The molecule has 5 nitrogen and oxygen atoms in total. The minimum absolute atomic E-state index is 0.214. The monoisotopic (exact) mass is 320 g/mol. The van der Waals surface area contributed by atoms with E-state index in [-0.39, 0.29) is 11.7 Å². The minimum Gasteiger partial charge on any atom is -0.481 e. The van der Waals surface area contributed by atoms with E-state index in [1.807, 2.05) is 0 Å². The van der Waals surface area contributed by atoms with Crippen LogP contribution in [0, 0.1) is 11.6 Å². The third kappa shape index (κ3) is 5.06. The number of nitrogens with one attached hydrogen (secondary N) is 2. The summed E-state index contributed by atoms with van der Waals surface area (Å²) in [5.74, 6) is -2.58. The van der Waals surface area contributed by atoms with Gasteiger partial charge in [0.05, 0.1) is 0 Å². The number of rotatable bonds is 5. The van der Waals surface area contributed by atoms with E-state index in [9.17, 15) is 18.4 Å². The molecule has 2 amide bonds. The molecule has 0 saturated carbocycles. The molecule has 0 radical (unpaired) electrons. The molecule has 0 atom stereocenters. The highest BCUT2D eigenvalue weighted by Gasteiger charge is 2.08. The van der Waals surface area contributed by atoms with Gasteiger partial charge >= 0.3 is 0 Å². The second-order valence-corrected chi connectivity index (χ2v) is 4.67. The summed E-state index contributed by atoms with van der Waals surface area (Å²) in [6.45, 7) is 0.934. The molecule has 2 N–H and O–H groups in total. The van der Waals surface area contributed by atoms with Gasteiger partial charge in [0.25, 0.3) is 5.91 Å². The quantitative estimate of drug-likeness (QED) is 0.890. The molecule has 7 heteroatoms. The Morgan fingerprint density at radius 3 is 2.39 bits per heavy atom. The summed E-state index contributed by atoms with van der Waals surface area (Å²) < 4.78 is 31.1. The summed E-state index contributed by atoms with van der Waals surface area (Å²) in [5, 5.41) is 5.13. The molecule has 2 rings (SSSR count). The molecule has 2 aromatic carbocycles. The highest BCUT2D eigenvalue weighted by Crippen LogP contribution is 2.18. The van der Waals surface area contributed by atoms with Crippen molar-refractivity contribution in [2.75, 3.05) is 17.2 Å². The lowest BCUT2D eigenvalue weighted by atomic mass is 10.2. The van der Waals surface area contributed by atoms with Crippen molar-refractivity contribution in [1.29, 1.82) is 0 Å². The molecule has 0 unspecified atom stereocenters. The molecule has 0 saturated heterocycles. The number of hydrogen-bond donors (Lipinski definition) is 2. The van der Waals surface area contributed by atoms with E-state index in [1.165, 1.54) is 6.92 Å². The van der Waals surface area contributed by atoms with Gasteiger partial charge in [-0.3, -0.25) is 9.59 Å². The second kappa shape index (κ2) is 7.35. The first kappa shape index (κ1) is 16.4. The molecule has 0 bridgehead atoms. The van der Waals surface area contributed by atoms with Crippen molar-refractivity contribution >= 4 is 23.2 Å². The Labute approximate surface area is 131 Å². The molecule has 23 heavy (non-hydrogen) atoms. The second-order valence-electron chi connectivity index (χ2n) is 4.67. The zero-order valence-electron chi connectivity index (χ0n) is 12.2. The topological polar surface area (TPSA) is 67.4 Å². The van der Waals surface area contributed by atoms with Gasteiger partial charge in [-0.2, -0.15) is 0 Å². The van der Waals surface area contributed by atoms with Gasteiger partial charge in [-0.05, 0) is 30.3 Å². The molecule has 0 aliphatic rings. The van der Waals surface area contributed by atoms with Crippen molar-refractivity contribution in [2.45, 2.75) is 6.92 Å². The first-order valence-electron chi connectivity index (χ1n) is 6.69. The molecule has 0 spiro atoms. The SMILES string of the molecule is CC(=O)Nc1cccc(NC(=O)COc2ccc(F)cc2F)c1. The van der Waals surface area contributed by atoms with Crippen LogP contribution in [0.2, 0.25) is 0 Å². The maximum Gasteiger partial charge on any atom is 0.262 e. The highest BCUT2D eigenvalue weighted by atomic mass is 19.1. The average molecular weight is 320 g/mol. The van der Waals surface area contributed by atoms with E-state index in [0.717, 1.165) is 12.1 Å². The lowest BCUT2D eigenvalue weighted by Gasteiger charge is -2.09. The van der Waals surface area contributed by atoms with Gasteiger partial charge < -0.3 is 15.4 Å². The maximum absolute atomic E-state index is 13.4. The van der Waals surface area contributed by atoms with Crippen LogP contribution in [0.25, 0.3) is 0 Å². The zero-order chi connectivity index (χ0) is 16.8. The van der Waals surface area contributed by atoms with Crippen molar-refractivity contribution in [3.05, 3.63) is 54.1 Å². The van der Waals surface area contributed by atoms with Crippen LogP contribution in [0.1, 0.15) is 6.92 Å². The van der Waals surface area contributed by atoms with Crippen LogP contribution >= 0.6 is 0 Å². The lowest BCUT2D eigenvalue weighted by Crippen LogP contribution is -2.20. The van der Waals surface area contributed by atoms with Crippen molar-refractivity contribution in [2.24, 2.45) is 0 Å². The Bertz CT molecular complexity index is 735. The molecular formula is C16H14F2N2O3. The predicted molar refractivity (Wildman–Crippen MR) is 81.2 cm³/mol. The largest absolute Gasteiger partial charge is 0.481 e. The standard InChI is InChI=1S/C16H14F2N2O3/c1-10(21)19-12-3-2-4-13(8-12)20-16(22)9-23-15-6-5-11(17)7-14(15)18/h2-8H,9H2,1H3,(H,19,21)(H,20,22). The maximum atomic E-state index is 13.4. The fraction of sp³-hybridized carbons (Fsp3) is 0.125. The molecule has 0 heterocycles. The van der Waals surface area contributed by atoms with E-state index in [1.54, 1.807) is 24.3 Å². The van der Waals surface area contributed by atoms with E-state index in [0.29, 0.717) is 17.4 Å². The van der Waals surface area contributed by atoms with Crippen molar-refractivity contribution < 1.29 is 23.1 Å². The predicted octanol–water partition coefficient (Wildman–Crippen LogP) is 2.94. The van der Waals surface area contributed by atoms with Gasteiger partial charge in [-0.25, -0.2) is 8.78 Å². The Hall–Kier alpha value is -2.96. The third-order valence-corrected chi connectivity index (χ3v) is 2.72. The summed E-state index contributed by atoms with van der Waals surface area (Å²) in [7, 11) is 0. The number of anilines is 2. The number of amides is 2. The molecular weight excluding hydrogens is 306 g/mol. The number of carbonyl (C=O) groups excluding carboxylic acids is 2. The average Bonchev–Trinajstić information content (AvgIpc) is 2.46. The Balaban J connectivity index is 1.93. The van der Waals surface area contributed by atoms with Crippen LogP contribution < -0.4 is 15.4 Å². The van der Waals surface area contributed by atoms with Crippen LogP contribution in [-0.2, 0) is 9.59 Å². The molecule has 2 aromatic rings. The highest BCUT2D eigenvalue weighted by molar-refractivity contribution is 5.94. The van der Waals surface area contributed by atoms with Crippen LogP contribution in [0.15, 0.2) is 42.5 Å². The molecule has 0 aliphatic carbocycles. The van der Waals surface area contributed by atoms with Gasteiger partial charge in [0.2, 0.25) is 5.91 Å². The number of benzene rings is 2. The lowest BCUT2D eigenvalue weighted by molar-refractivity contribution is -0.118. The Kier molecular flexibility index (Phi) is 5.24. The molecule has 120 valence electrons.